The first-order valence-electron chi connectivity index (χ1n) is 10.4. The molecule has 6 nitrogen and oxygen atoms in total. The lowest BCUT2D eigenvalue weighted by atomic mass is 10.1. The van der Waals surface area contributed by atoms with Crippen LogP contribution in [0, 0.1) is 0 Å². The fourth-order valence-electron chi connectivity index (χ4n) is 3.23. The third-order valence-corrected chi connectivity index (χ3v) is 4.64. The number of guanidine groups is 1. The van der Waals surface area contributed by atoms with E-state index in [4.69, 9.17) is 9.47 Å². The van der Waals surface area contributed by atoms with E-state index in [1.807, 2.05) is 25.1 Å². The molecule has 1 aromatic rings. The maximum Gasteiger partial charge on any atom is 0.411 e. The summed E-state index contributed by atoms with van der Waals surface area (Å²) in [6.45, 7) is 2.26. The number of nitrogens with one attached hydrogen (secondary N) is 2. The molecule has 170 valence electrons. The third-order valence-electron chi connectivity index (χ3n) is 4.64. The Bertz CT molecular complexity index is 663. The molecule has 0 atom stereocenters. The highest BCUT2D eigenvalue weighted by Crippen LogP contribution is 2.35. The van der Waals surface area contributed by atoms with E-state index in [0.717, 1.165) is 24.2 Å². The zero-order valence-corrected chi connectivity index (χ0v) is 17.7. The van der Waals surface area contributed by atoms with Crippen molar-refractivity contribution in [2.45, 2.75) is 57.9 Å². The summed E-state index contributed by atoms with van der Waals surface area (Å²) in [6, 6.07) is 5.75. The summed E-state index contributed by atoms with van der Waals surface area (Å²) in [5.74, 6) is 2.00. The lowest BCUT2D eigenvalue weighted by Gasteiger charge is -2.19. The minimum Gasteiger partial charge on any atom is -0.493 e. The van der Waals surface area contributed by atoms with E-state index in [2.05, 4.69) is 20.4 Å². The molecule has 9 heteroatoms. The predicted molar refractivity (Wildman–Crippen MR) is 110 cm³/mol. The minimum atomic E-state index is -4.29. The summed E-state index contributed by atoms with van der Waals surface area (Å²) >= 11 is 0. The molecule has 2 N–H and O–H groups in total. The summed E-state index contributed by atoms with van der Waals surface area (Å²) < 4.78 is 52.6. The first-order valence-corrected chi connectivity index (χ1v) is 10.4. The fourth-order valence-corrected chi connectivity index (χ4v) is 3.23. The molecule has 0 saturated heterocycles. The number of benzene rings is 1. The van der Waals surface area contributed by atoms with Crippen LogP contribution in [0.4, 0.5) is 13.2 Å². The Morgan fingerprint density at radius 3 is 2.63 bits per heavy atom. The molecule has 0 unspecified atom stereocenters. The van der Waals surface area contributed by atoms with Crippen molar-refractivity contribution in [1.82, 2.24) is 10.6 Å². The van der Waals surface area contributed by atoms with E-state index in [-0.39, 0.29) is 12.7 Å². The summed E-state index contributed by atoms with van der Waals surface area (Å²) in [5, 5.41) is 6.25. The Morgan fingerprint density at radius 1 is 1.20 bits per heavy atom. The number of ether oxygens (including phenoxy) is 3. The maximum absolute atomic E-state index is 12.1. The van der Waals surface area contributed by atoms with Crippen LogP contribution in [-0.2, 0) is 11.3 Å². The molecule has 0 aromatic heterocycles. The van der Waals surface area contributed by atoms with Crippen LogP contribution in [0.15, 0.2) is 23.2 Å². The Hall–Kier alpha value is -2.16. The van der Waals surface area contributed by atoms with Crippen molar-refractivity contribution in [3.63, 3.8) is 0 Å². The lowest BCUT2D eigenvalue weighted by Crippen LogP contribution is -2.38. The number of nitrogens with zero attached hydrogens (tertiary/aromatic N) is 1. The number of rotatable bonds is 11. The molecule has 0 amide bonds. The van der Waals surface area contributed by atoms with Crippen molar-refractivity contribution in [1.29, 1.82) is 0 Å². The smallest absolute Gasteiger partial charge is 0.411 e. The van der Waals surface area contributed by atoms with Crippen LogP contribution in [0.25, 0.3) is 0 Å². The Balaban J connectivity index is 1.92. The van der Waals surface area contributed by atoms with Gasteiger partial charge in [-0.2, -0.15) is 13.2 Å². The largest absolute Gasteiger partial charge is 0.493 e. The van der Waals surface area contributed by atoms with Gasteiger partial charge in [-0.3, -0.25) is 0 Å². The van der Waals surface area contributed by atoms with Crippen molar-refractivity contribution in [3.05, 3.63) is 23.8 Å². The fraction of sp³-hybridized carbons (Fsp3) is 0.667. The van der Waals surface area contributed by atoms with E-state index in [1.54, 1.807) is 7.11 Å². The molecule has 1 aliphatic carbocycles. The number of hydrogen-bond acceptors (Lipinski definition) is 4. The molecule has 0 heterocycles. The number of para-hydroxylation sites is 1. The van der Waals surface area contributed by atoms with Crippen molar-refractivity contribution >= 4 is 5.96 Å². The highest BCUT2D eigenvalue weighted by molar-refractivity contribution is 5.79. The summed E-state index contributed by atoms with van der Waals surface area (Å²) in [5.41, 5.74) is 0.923. The Morgan fingerprint density at radius 2 is 1.97 bits per heavy atom. The number of alkyl halides is 3. The van der Waals surface area contributed by atoms with E-state index in [1.165, 1.54) is 12.8 Å². The quantitative estimate of drug-likeness (QED) is 0.315. The van der Waals surface area contributed by atoms with Crippen molar-refractivity contribution in [2.24, 2.45) is 4.99 Å². The average Bonchev–Trinajstić information content (AvgIpc) is 3.21. The topological polar surface area (TPSA) is 64.1 Å². The number of hydrogen-bond donors (Lipinski definition) is 2. The van der Waals surface area contributed by atoms with Gasteiger partial charge in [-0.15, -0.1) is 0 Å². The molecule has 0 bridgehead atoms. The van der Waals surface area contributed by atoms with E-state index >= 15 is 0 Å². The first-order chi connectivity index (χ1) is 14.4. The van der Waals surface area contributed by atoms with Crippen LogP contribution in [0.3, 0.4) is 0 Å². The molecular formula is C21H32F3N3O3. The summed E-state index contributed by atoms with van der Waals surface area (Å²) in [6.07, 6.45) is 0.785. The summed E-state index contributed by atoms with van der Waals surface area (Å²) in [4.78, 5) is 4.59. The second-order valence-corrected chi connectivity index (χ2v) is 7.12. The van der Waals surface area contributed by atoms with E-state index in [9.17, 15) is 13.2 Å². The molecule has 30 heavy (non-hydrogen) atoms. The van der Waals surface area contributed by atoms with Gasteiger partial charge in [0.2, 0.25) is 0 Å². The highest BCUT2D eigenvalue weighted by Gasteiger charge is 2.27. The third kappa shape index (κ3) is 8.69. The number of aliphatic imine (C=N–C) groups is 1. The predicted octanol–water partition coefficient (Wildman–Crippen LogP) is 4.04. The van der Waals surface area contributed by atoms with Gasteiger partial charge in [0, 0.05) is 25.3 Å². The number of methoxy groups -OCH3 is 1. The molecule has 1 aliphatic rings. The molecule has 1 fully saturated rings. The molecule has 2 rings (SSSR count). The highest BCUT2D eigenvalue weighted by atomic mass is 19.4. The Labute approximate surface area is 176 Å². The minimum absolute atomic E-state index is 0.0289. The molecule has 1 aromatic carbocycles. The maximum atomic E-state index is 12.1. The van der Waals surface area contributed by atoms with Crippen LogP contribution >= 0.6 is 0 Å². The van der Waals surface area contributed by atoms with Crippen molar-refractivity contribution < 1.29 is 27.4 Å². The van der Waals surface area contributed by atoms with Gasteiger partial charge in [0.25, 0.3) is 0 Å². The second-order valence-electron chi connectivity index (χ2n) is 7.12. The van der Waals surface area contributed by atoms with Gasteiger partial charge in [-0.1, -0.05) is 12.1 Å². The first kappa shape index (κ1) is 24.1. The van der Waals surface area contributed by atoms with Gasteiger partial charge in [0.05, 0.1) is 19.8 Å². The zero-order chi connectivity index (χ0) is 21.8. The second kappa shape index (κ2) is 12.5. The normalized spacial score (nSPS) is 15.3. The van der Waals surface area contributed by atoms with Gasteiger partial charge in [-0.05, 0) is 45.1 Å². The number of halogens is 3. The van der Waals surface area contributed by atoms with Crippen LogP contribution in [0.1, 0.15) is 44.6 Å². The molecule has 0 radical (unpaired) electrons. The van der Waals surface area contributed by atoms with Crippen LogP contribution < -0.4 is 20.1 Å². The average molecular weight is 431 g/mol. The molecular weight excluding hydrogens is 399 g/mol. The van der Waals surface area contributed by atoms with Crippen molar-refractivity contribution in [2.75, 3.05) is 33.4 Å². The van der Waals surface area contributed by atoms with Crippen LogP contribution in [-0.4, -0.2) is 51.7 Å². The Kier molecular flexibility index (Phi) is 10.1. The van der Waals surface area contributed by atoms with Crippen molar-refractivity contribution in [3.8, 4) is 11.5 Å². The molecule has 1 saturated carbocycles. The van der Waals surface area contributed by atoms with Crippen LogP contribution in [0.2, 0.25) is 0 Å². The lowest BCUT2D eigenvalue weighted by molar-refractivity contribution is -0.173. The van der Waals surface area contributed by atoms with Gasteiger partial charge in [0.1, 0.15) is 6.61 Å². The monoisotopic (exact) mass is 431 g/mol. The van der Waals surface area contributed by atoms with Gasteiger partial charge >= 0.3 is 6.18 Å². The molecule has 0 aliphatic heterocycles. The van der Waals surface area contributed by atoms with E-state index in [0.29, 0.717) is 37.8 Å². The zero-order valence-electron chi connectivity index (χ0n) is 17.7. The van der Waals surface area contributed by atoms with E-state index < -0.39 is 12.8 Å². The standard InChI is InChI=1S/C21H32F3N3O3/c1-3-25-20(26-12-7-13-29-15-21(22,23)24)27-14-16-8-6-11-18(28-2)19(16)30-17-9-4-5-10-17/h6,8,11,17H,3-5,7,9-10,12-15H2,1-2H3,(H2,25,26,27). The van der Waals surface area contributed by atoms with Gasteiger partial charge < -0.3 is 24.8 Å². The van der Waals surface area contributed by atoms with Crippen LogP contribution in [0.5, 0.6) is 11.5 Å². The van der Waals surface area contributed by atoms with Gasteiger partial charge in [-0.25, -0.2) is 4.99 Å². The summed E-state index contributed by atoms with van der Waals surface area (Å²) in [7, 11) is 1.62. The van der Waals surface area contributed by atoms with Gasteiger partial charge in [0.15, 0.2) is 17.5 Å². The SMILES string of the molecule is CCNC(=NCc1cccc(OC)c1OC1CCCC1)NCCCOCC(F)(F)F. The molecule has 0 spiro atoms.